The van der Waals surface area contributed by atoms with Crippen LogP contribution in [0.4, 0.5) is 0 Å². The Morgan fingerprint density at radius 3 is 2.92 bits per heavy atom. The van der Waals surface area contributed by atoms with E-state index < -0.39 is 0 Å². The van der Waals surface area contributed by atoms with Crippen LogP contribution in [0.25, 0.3) is 0 Å². The van der Waals surface area contributed by atoms with Crippen LogP contribution in [-0.2, 0) is 0 Å². The first-order valence-corrected chi connectivity index (χ1v) is 5.72. The molecule has 1 rings (SSSR count). The zero-order valence-corrected chi connectivity index (χ0v) is 8.82. The topological polar surface area (TPSA) is 3.24 Å². The fourth-order valence-electron chi connectivity index (χ4n) is 2.09. The number of likely N-dealkylation sites (tertiary alicyclic amines) is 1. The highest BCUT2D eigenvalue weighted by atomic mass is 35.5. The van der Waals surface area contributed by atoms with E-state index in [2.05, 4.69) is 11.8 Å². The summed E-state index contributed by atoms with van der Waals surface area (Å²) in [6.07, 6.45) is 6.62. The SMILES string of the molecule is CCCN1CCCC[C@@H]1CCCl. The van der Waals surface area contributed by atoms with Crippen LogP contribution in [0.15, 0.2) is 0 Å². The van der Waals surface area contributed by atoms with Gasteiger partial charge in [-0.15, -0.1) is 11.6 Å². The molecule has 0 aromatic carbocycles. The van der Waals surface area contributed by atoms with Gasteiger partial charge in [0.2, 0.25) is 0 Å². The summed E-state index contributed by atoms with van der Waals surface area (Å²) in [5.74, 6) is 0.824. The van der Waals surface area contributed by atoms with Crippen molar-refractivity contribution in [1.29, 1.82) is 0 Å². The second-order valence-corrected chi connectivity index (χ2v) is 4.04. The number of alkyl halides is 1. The van der Waals surface area contributed by atoms with Crippen LogP contribution in [0.3, 0.4) is 0 Å². The number of piperidine rings is 1. The van der Waals surface area contributed by atoms with E-state index in [0.717, 1.165) is 11.9 Å². The van der Waals surface area contributed by atoms with Crippen molar-refractivity contribution in [1.82, 2.24) is 4.90 Å². The quantitative estimate of drug-likeness (QED) is 0.615. The molecular weight excluding hydrogens is 170 g/mol. The Balaban J connectivity index is 2.31. The summed E-state index contributed by atoms with van der Waals surface area (Å²) in [4.78, 5) is 2.62. The highest BCUT2D eigenvalue weighted by Gasteiger charge is 2.20. The minimum Gasteiger partial charge on any atom is -0.300 e. The first-order chi connectivity index (χ1) is 5.88. The van der Waals surface area contributed by atoms with Crippen LogP contribution < -0.4 is 0 Å². The van der Waals surface area contributed by atoms with E-state index in [-0.39, 0.29) is 0 Å². The van der Waals surface area contributed by atoms with Crippen molar-refractivity contribution in [3.8, 4) is 0 Å². The smallest absolute Gasteiger partial charge is 0.0238 e. The lowest BCUT2D eigenvalue weighted by atomic mass is 10.00. The van der Waals surface area contributed by atoms with E-state index in [1.54, 1.807) is 0 Å². The minimum absolute atomic E-state index is 0.788. The van der Waals surface area contributed by atoms with Crippen LogP contribution in [0, 0.1) is 0 Å². The molecule has 0 bridgehead atoms. The molecular formula is C10H20ClN. The molecule has 2 heteroatoms. The molecule has 0 aromatic heterocycles. The standard InChI is InChI=1S/C10H20ClN/c1-2-8-12-9-4-3-5-10(12)6-7-11/h10H,2-9H2,1H3/t10-/m1/s1. The van der Waals surface area contributed by atoms with Gasteiger partial charge < -0.3 is 4.90 Å². The average Bonchev–Trinajstić information content (AvgIpc) is 2.09. The van der Waals surface area contributed by atoms with E-state index in [4.69, 9.17) is 11.6 Å². The molecule has 0 amide bonds. The zero-order chi connectivity index (χ0) is 8.81. The second kappa shape index (κ2) is 5.82. The Labute approximate surface area is 81.1 Å². The predicted molar refractivity (Wildman–Crippen MR) is 54.8 cm³/mol. The van der Waals surface area contributed by atoms with Gasteiger partial charge in [0.15, 0.2) is 0 Å². The highest BCUT2D eigenvalue weighted by Crippen LogP contribution is 2.19. The molecule has 1 saturated heterocycles. The highest BCUT2D eigenvalue weighted by molar-refractivity contribution is 6.17. The molecule has 0 N–H and O–H groups in total. The summed E-state index contributed by atoms with van der Waals surface area (Å²) >= 11 is 5.77. The number of nitrogens with zero attached hydrogens (tertiary/aromatic N) is 1. The lowest BCUT2D eigenvalue weighted by Crippen LogP contribution is -2.40. The van der Waals surface area contributed by atoms with E-state index in [1.807, 2.05) is 0 Å². The van der Waals surface area contributed by atoms with Crippen LogP contribution in [0.2, 0.25) is 0 Å². The molecule has 12 heavy (non-hydrogen) atoms. The van der Waals surface area contributed by atoms with Gasteiger partial charge in [-0.05, 0) is 38.8 Å². The Bertz CT molecular complexity index is 98.4. The third-order valence-electron chi connectivity index (χ3n) is 2.70. The van der Waals surface area contributed by atoms with E-state index in [9.17, 15) is 0 Å². The predicted octanol–water partition coefficient (Wildman–Crippen LogP) is 2.88. The summed E-state index contributed by atoms with van der Waals surface area (Å²) in [7, 11) is 0. The Morgan fingerprint density at radius 1 is 1.42 bits per heavy atom. The molecule has 0 aromatic rings. The average molecular weight is 190 g/mol. The molecule has 0 spiro atoms. The lowest BCUT2D eigenvalue weighted by Gasteiger charge is -2.35. The third kappa shape index (κ3) is 2.95. The number of rotatable bonds is 4. The fraction of sp³-hybridized carbons (Fsp3) is 1.00. The normalized spacial score (nSPS) is 26.0. The number of hydrogen-bond donors (Lipinski definition) is 0. The van der Waals surface area contributed by atoms with Crippen molar-refractivity contribution in [3.05, 3.63) is 0 Å². The van der Waals surface area contributed by atoms with Crippen molar-refractivity contribution < 1.29 is 0 Å². The van der Waals surface area contributed by atoms with Crippen LogP contribution in [-0.4, -0.2) is 29.9 Å². The van der Waals surface area contributed by atoms with E-state index in [0.29, 0.717) is 0 Å². The summed E-state index contributed by atoms with van der Waals surface area (Å²) in [5.41, 5.74) is 0. The van der Waals surface area contributed by atoms with Crippen LogP contribution >= 0.6 is 11.6 Å². The third-order valence-corrected chi connectivity index (χ3v) is 2.92. The maximum absolute atomic E-state index is 5.77. The summed E-state index contributed by atoms with van der Waals surface area (Å²) in [6, 6.07) is 0.788. The Hall–Kier alpha value is 0.250. The van der Waals surface area contributed by atoms with Gasteiger partial charge in [0.1, 0.15) is 0 Å². The fourth-order valence-corrected chi connectivity index (χ4v) is 2.35. The van der Waals surface area contributed by atoms with Crippen molar-refractivity contribution in [3.63, 3.8) is 0 Å². The molecule has 0 saturated carbocycles. The van der Waals surface area contributed by atoms with Gasteiger partial charge in [-0.3, -0.25) is 0 Å². The van der Waals surface area contributed by atoms with Gasteiger partial charge in [0, 0.05) is 11.9 Å². The first-order valence-electron chi connectivity index (χ1n) is 5.18. The van der Waals surface area contributed by atoms with Gasteiger partial charge in [0.05, 0.1) is 0 Å². The maximum Gasteiger partial charge on any atom is 0.0238 e. The van der Waals surface area contributed by atoms with E-state index >= 15 is 0 Å². The largest absolute Gasteiger partial charge is 0.300 e. The molecule has 1 aliphatic heterocycles. The Morgan fingerprint density at radius 2 is 2.25 bits per heavy atom. The van der Waals surface area contributed by atoms with Gasteiger partial charge in [-0.1, -0.05) is 13.3 Å². The first kappa shape index (κ1) is 10.3. The lowest BCUT2D eigenvalue weighted by molar-refractivity contribution is 0.145. The summed E-state index contributed by atoms with van der Waals surface area (Å²) < 4.78 is 0. The van der Waals surface area contributed by atoms with Gasteiger partial charge in [-0.25, -0.2) is 0 Å². The van der Waals surface area contributed by atoms with Crippen molar-refractivity contribution in [2.24, 2.45) is 0 Å². The van der Waals surface area contributed by atoms with Crippen LogP contribution in [0.1, 0.15) is 39.0 Å². The van der Waals surface area contributed by atoms with Gasteiger partial charge in [-0.2, -0.15) is 0 Å². The molecule has 72 valence electrons. The van der Waals surface area contributed by atoms with Crippen LogP contribution in [0.5, 0.6) is 0 Å². The van der Waals surface area contributed by atoms with Gasteiger partial charge >= 0.3 is 0 Å². The van der Waals surface area contributed by atoms with Crippen molar-refractivity contribution in [2.75, 3.05) is 19.0 Å². The molecule has 1 fully saturated rings. The van der Waals surface area contributed by atoms with Gasteiger partial charge in [0.25, 0.3) is 0 Å². The molecule has 1 atom stereocenters. The molecule has 0 radical (unpaired) electrons. The molecule has 0 unspecified atom stereocenters. The maximum atomic E-state index is 5.77. The summed E-state index contributed by atoms with van der Waals surface area (Å²) in [6.45, 7) is 4.82. The summed E-state index contributed by atoms with van der Waals surface area (Å²) in [5, 5.41) is 0. The molecule has 0 aliphatic carbocycles. The second-order valence-electron chi connectivity index (χ2n) is 3.66. The van der Waals surface area contributed by atoms with Crippen molar-refractivity contribution in [2.45, 2.75) is 45.1 Å². The Kier molecular flexibility index (Phi) is 5.01. The monoisotopic (exact) mass is 189 g/mol. The molecule has 1 aliphatic rings. The zero-order valence-electron chi connectivity index (χ0n) is 8.06. The number of hydrogen-bond acceptors (Lipinski definition) is 1. The minimum atomic E-state index is 0.788. The molecule has 1 heterocycles. The molecule has 1 nitrogen and oxygen atoms in total. The van der Waals surface area contributed by atoms with Crippen molar-refractivity contribution >= 4 is 11.6 Å². The van der Waals surface area contributed by atoms with E-state index in [1.165, 1.54) is 45.2 Å². The number of halogens is 1.